The molecule has 0 aromatic heterocycles. The summed E-state index contributed by atoms with van der Waals surface area (Å²) < 4.78 is 17.2. The van der Waals surface area contributed by atoms with Crippen LogP contribution in [0.4, 0.5) is 11.4 Å². The normalized spacial score (nSPS) is 20.7. The van der Waals surface area contributed by atoms with E-state index in [2.05, 4.69) is 11.8 Å². The minimum Gasteiger partial charge on any atom is -0.398 e. The van der Waals surface area contributed by atoms with Gasteiger partial charge in [-0.3, -0.25) is 10.1 Å². The number of rotatable bonds is 6. The second-order valence-corrected chi connectivity index (χ2v) is 6.45. The van der Waals surface area contributed by atoms with E-state index in [-0.39, 0.29) is 30.6 Å². The van der Waals surface area contributed by atoms with Crippen molar-refractivity contribution >= 4 is 11.4 Å². The summed E-state index contributed by atoms with van der Waals surface area (Å²) >= 11 is 0. The zero-order chi connectivity index (χ0) is 20.6. The SMILES string of the molecule is COC[C@H]1O[C@H](c2ccccc2)C=C[C@@H]1OCC#Cc1cc([N+](=O)[O-])ccc1N. The maximum atomic E-state index is 10.9. The van der Waals surface area contributed by atoms with Crippen LogP contribution in [0, 0.1) is 22.0 Å². The Morgan fingerprint density at radius 3 is 2.72 bits per heavy atom. The molecule has 0 saturated carbocycles. The molecule has 2 N–H and O–H groups in total. The van der Waals surface area contributed by atoms with E-state index in [0.717, 1.165) is 5.56 Å². The van der Waals surface area contributed by atoms with Gasteiger partial charge in [-0.2, -0.15) is 0 Å². The third-order valence-corrected chi connectivity index (χ3v) is 4.44. The lowest BCUT2D eigenvalue weighted by molar-refractivity contribution is -0.384. The van der Waals surface area contributed by atoms with Crippen LogP contribution >= 0.6 is 0 Å². The van der Waals surface area contributed by atoms with Gasteiger partial charge in [0, 0.05) is 24.9 Å². The molecule has 0 saturated heterocycles. The molecule has 3 atom stereocenters. The molecule has 29 heavy (non-hydrogen) atoms. The molecule has 2 aromatic rings. The predicted molar refractivity (Wildman–Crippen MR) is 109 cm³/mol. The second kappa shape index (κ2) is 9.85. The van der Waals surface area contributed by atoms with Crippen LogP contribution in [-0.4, -0.2) is 37.5 Å². The lowest BCUT2D eigenvalue weighted by Gasteiger charge is -2.31. The summed E-state index contributed by atoms with van der Waals surface area (Å²) in [7, 11) is 1.61. The van der Waals surface area contributed by atoms with E-state index in [0.29, 0.717) is 17.9 Å². The van der Waals surface area contributed by atoms with Crippen molar-refractivity contribution in [2.45, 2.75) is 18.3 Å². The van der Waals surface area contributed by atoms with E-state index in [1.807, 2.05) is 42.5 Å². The van der Waals surface area contributed by atoms with Crippen LogP contribution in [0.2, 0.25) is 0 Å². The third kappa shape index (κ3) is 5.42. The first-order chi connectivity index (χ1) is 14.1. The second-order valence-electron chi connectivity index (χ2n) is 6.45. The van der Waals surface area contributed by atoms with E-state index in [9.17, 15) is 10.1 Å². The summed E-state index contributed by atoms with van der Waals surface area (Å²) in [6, 6.07) is 14.1. The van der Waals surface area contributed by atoms with Crippen molar-refractivity contribution in [1.29, 1.82) is 0 Å². The van der Waals surface area contributed by atoms with Crippen molar-refractivity contribution in [3.05, 3.63) is 81.9 Å². The fourth-order valence-corrected chi connectivity index (χ4v) is 2.97. The first-order valence-electron chi connectivity index (χ1n) is 9.10. The first kappa shape index (κ1) is 20.6. The van der Waals surface area contributed by atoms with Crippen molar-refractivity contribution in [1.82, 2.24) is 0 Å². The van der Waals surface area contributed by atoms with Crippen molar-refractivity contribution in [3.63, 3.8) is 0 Å². The minimum absolute atomic E-state index is 0.0554. The van der Waals surface area contributed by atoms with Gasteiger partial charge >= 0.3 is 0 Å². The fourth-order valence-electron chi connectivity index (χ4n) is 2.97. The van der Waals surface area contributed by atoms with Gasteiger partial charge in [-0.05, 0) is 11.6 Å². The third-order valence-electron chi connectivity index (χ3n) is 4.44. The quantitative estimate of drug-likeness (QED) is 0.266. The fraction of sp³-hybridized carbons (Fsp3) is 0.273. The Labute approximate surface area is 169 Å². The Morgan fingerprint density at radius 1 is 1.21 bits per heavy atom. The molecule has 0 aliphatic carbocycles. The topological polar surface area (TPSA) is 96.8 Å². The lowest BCUT2D eigenvalue weighted by Crippen LogP contribution is -2.37. The maximum absolute atomic E-state index is 10.9. The number of hydrogen-bond acceptors (Lipinski definition) is 6. The summed E-state index contributed by atoms with van der Waals surface area (Å²) in [5.74, 6) is 5.69. The van der Waals surface area contributed by atoms with Gasteiger partial charge in [0.25, 0.3) is 5.69 Å². The van der Waals surface area contributed by atoms with Crippen molar-refractivity contribution < 1.29 is 19.1 Å². The molecule has 0 unspecified atom stereocenters. The van der Waals surface area contributed by atoms with Gasteiger partial charge in [0.15, 0.2) is 0 Å². The number of nitro benzene ring substituents is 1. The Balaban J connectivity index is 1.65. The molecule has 1 heterocycles. The van der Waals surface area contributed by atoms with Gasteiger partial charge in [-0.1, -0.05) is 54.3 Å². The number of ether oxygens (including phenoxy) is 3. The molecule has 0 fully saturated rings. The van der Waals surface area contributed by atoms with Gasteiger partial charge in [0.1, 0.15) is 24.9 Å². The number of nitro groups is 1. The largest absolute Gasteiger partial charge is 0.398 e. The van der Waals surface area contributed by atoms with Crippen LogP contribution in [0.15, 0.2) is 60.7 Å². The lowest BCUT2D eigenvalue weighted by atomic mass is 10.0. The molecule has 0 spiro atoms. The van der Waals surface area contributed by atoms with Crippen LogP contribution in [0.25, 0.3) is 0 Å². The number of methoxy groups -OCH3 is 1. The summed E-state index contributed by atoms with van der Waals surface area (Å²) in [6.45, 7) is 0.500. The van der Waals surface area contributed by atoms with E-state index in [1.54, 1.807) is 7.11 Å². The van der Waals surface area contributed by atoms with Crippen molar-refractivity contribution in [3.8, 4) is 11.8 Å². The molecule has 7 nitrogen and oxygen atoms in total. The highest BCUT2D eigenvalue weighted by Gasteiger charge is 2.28. The maximum Gasteiger partial charge on any atom is 0.270 e. The number of non-ortho nitro benzene ring substituents is 1. The van der Waals surface area contributed by atoms with Gasteiger partial charge in [0.2, 0.25) is 0 Å². The number of benzene rings is 2. The molecule has 7 heteroatoms. The Hall–Kier alpha value is -3.18. The monoisotopic (exact) mass is 394 g/mol. The first-order valence-corrected chi connectivity index (χ1v) is 9.10. The number of nitrogens with two attached hydrogens (primary N) is 1. The zero-order valence-electron chi connectivity index (χ0n) is 16.0. The van der Waals surface area contributed by atoms with Crippen molar-refractivity contribution in [2.24, 2.45) is 0 Å². The Kier molecular flexibility index (Phi) is 6.98. The van der Waals surface area contributed by atoms with Gasteiger partial charge in [-0.25, -0.2) is 0 Å². The van der Waals surface area contributed by atoms with E-state index in [4.69, 9.17) is 19.9 Å². The van der Waals surface area contributed by atoms with E-state index >= 15 is 0 Å². The Bertz CT molecular complexity index is 933. The molecule has 150 valence electrons. The summed E-state index contributed by atoms with van der Waals surface area (Å²) in [5.41, 5.74) is 7.62. The average molecular weight is 394 g/mol. The highest BCUT2D eigenvalue weighted by molar-refractivity contribution is 5.60. The van der Waals surface area contributed by atoms with E-state index in [1.165, 1.54) is 18.2 Å². The summed E-state index contributed by atoms with van der Waals surface area (Å²) in [6.07, 6.45) is 3.16. The van der Waals surface area contributed by atoms with Crippen LogP contribution in [0.1, 0.15) is 17.2 Å². The van der Waals surface area contributed by atoms with Gasteiger partial charge < -0.3 is 19.9 Å². The standard InChI is InChI=1S/C22H22N2O5/c1-27-15-22-21(12-11-20(29-22)16-6-3-2-4-7-16)28-13-5-8-17-14-18(24(25)26)9-10-19(17)23/h2-4,6-7,9-12,14,20-22H,13,15,23H2,1H3/t20-,21-,22+/m0/s1. The Morgan fingerprint density at radius 2 is 2.00 bits per heavy atom. The molecule has 1 aliphatic heterocycles. The van der Waals surface area contributed by atoms with Gasteiger partial charge in [0.05, 0.1) is 17.1 Å². The van der Waals surface area contributed by atoms with E-state index < -0.39 is 4.92 Å². The van der Waals surface area contributed by atoms with Crippen LogP contribution < -0.4 is 5.73 Å². The highest BCUT2D eigenvalue weighted by Crippen LogP contribution is 2.27. The predicted octanol–water partition coefficient (Wildman–Crippen LogP) is 3.26. The smallest absolute Gasteiger partial charge is 0.270 e. The molecule has 1 aliphatic rings. The minimum atomic E-state index is -0.482. The van der Waals surface area contributed by atoms with Crippen LogP contribution in [0.5, 0.6) is 0 Å². The summed E-state index contributed by atoms with van der Waals surface area (Å²) in [4.78, 5) is 10.4. The van der Waals surface area contributed by atoms with Crippen molar-refractivity contribution in [2.75, 3.05) is 26.1 Å². The average Bonchev–Trinajstić information content (AvgIpc) is 2.74. The van der Waals surface area contributed by atoms with Crippen LogP contribution in [-0.2, 0) is 14.2 Å². The van der Waals surface area contributed by atoms with Crippen LogP contribution in [0.3, 0.4) is 0 Å². The molecule has 3 rings (SSSR count). The summed E-state index contributed by atoms with van der Waals surface area (Å²) in [5, 5.41) is 10.9. The molecule has 0 bridgehead atoms. The number of hydrogen-bond donors (Lipinski definition) is 1. The number of anilines is 1. The van der Waals surface area contributed by atoms with Gasteiger partial charge in [-0.15, -0.1) is 0 Å². The molecular formula is C22H22N2O5. The molecule has 0 amide bonds. The molecule has 0 radical (unpaired) electrons. The molecule has 2 aromatic carbocycles. The molecular weight excluding hydrogens is 372 g/mol. The zero-order valence-corrected chi connectivity index (χ0v) is 16.0. The number of nitrogens with zero attached hydrogens (tertiary/aromatic N) is 1. The highest BCUT2D eigenvalue weighted by atomic mass is 16.6. The number of nitrogen functional groups attached to an aromatic ring is 1.